The lowest BCUT2D eigenvalue weighted by Gasteiger charge is -2.26. The van der Waals surface area contributed by atoms with Crippen LogP contribution in [0, 0.1) is 5.92 Å². The van der Waals surface area contributed by atoms with Gasteiger partial charge in [0.1, 0.15) is 18.1 Å². The van der Waals surface area contributed by atoms with Crippen molar-refractivity contribution in [1.29, 1.82) is 0 Å². The summed E-state index contributed by atoms with van der Waals surface area (Å²) in [6.45, 7) is 3.22. The number of carboxylic acids is 3. The molecule has 0 radical (unpaired) electrons. The fourth-order valence-electron chi connectivity index (χ4n) is 2.31. The number of amides is 3. The lowest BCUT2D eigenvalue weighted by molar-refractivity contribution is -0.147. The topological polar surface area (TPSA) is 225 Å². The number of aliphatic carboxylic acids is 3. The zero-order valence-corrected chi connectivity index (χ0v) is 17.9. The molecule has 0 aliphatic rings. The highest BCUT2D eigenvalue weighted by Gasteiger charge is 2.31. The number of thiol groups is 1. The van der Waals surface area contributed by atoms with Crippen LogP contribution in [0.2, 0.25) is 0 Å². The molecule has 0 bridgehead atoms. The standard InChI is InChI=1S/C17H28N4O9S/c1-7(2)13(21-14(26)8(18)3-4-11(22)23)16(28)20-10(6-31)15(27)19-9(17(29)30)5-12(24)25/h7-10,13,31H,3-6,18H2,1-2H3,(H,19,27)(H,20,28)(H,21,26)(H,22,23)(H,24,25)(H,29,30). The Balaban J connectivity index is 5.15. The van der Waals surface area contributed by atoms with Crippen molar-refractivity contribution in [2.45, 2.75) is 57.3 Å². The van der Waals surface area contributed by atoms with Crippen molar-refractivity contribution in [1.82, 2.24) is 16.0 Å². The first-order chi connectivity index (χ1) is 14.3. The Hall–Kier alpha value is -2.87. The quantitative estimate of drug-likeness (QED) is 0.129. The van der Waals surface area contributed by atoms with E-state index in [4.69, 9.17) is 21.1 Å². The first-order valence-electron chi connectivity index (χ1n) is 9.24. The van der Waals surface area contributed by atoms with Crippen molar-refractivity contribution in [3.05, 3.63) is 0 Å². The molecule has 0 aromatic carbocycles. The van der Waals surface area contributed by atoms with E-state index in [1.54, 1.807) is 13.8 Å². The minimum atomic E-state index is -1.71. The molecule has 31 heavy (non-hydrogen) atoms. The molecule has 0 rings (SSSR count). The molecule has 0 aliphatic carbocycles. The Bertz CT molecular complexity index is 701. The number of carboxylic acid groups (broad SMARTS) is 3. The summed E-state index contributed by atoms with van der Waals surface area (Å²) in [6.07, 6.45) is -1.35. The minimum absolute atomic E-state index is 0.143. The second kappa shape index (κ2) is 13.4. The molecule has 0 fully saturated rings. The SMILES string of the molecule is CC(C)C(NC(=O)C(N)CCC(=O)O)C(=O)NC(CS)C(=O)NC(CC(=O)O)C(=O)O. The molecule has 13 nitrogen and oxygen atoms in total. The second-order valence-corrected chi connectivity index (χ2v) is 7.38. The van der Waals surface area contributed by atoms with Gasteiger partial charge < -0.3 is 37.0 Å². The van der Waals surface area contributed by atoms with Crippen LogP contribution in [-0.4, -0.2) is 80.9 Å². The molecule has 4 unspecified atom stereocenters. The highest BCUT2D eigenvalue weighted by molar-refractivity contribution is 7.80. The van der Waals surface area contributed by atoms with Crippen LogP contribution in [0.25, 0.3) is 0 Å². The monoisotopic (exact) mass is 464 g/mol. The van der Waals surface area contributed by atoms with E-state index in [-0.39, 0.29) is 18.6 Å². The van der Waals surface area contributed by atoms with Gasteiger partial charge in [0.15, 0.2) is 0 Å². The van der Waals surface area contributed by atoms with E-state index in [9.17, 15) is 28.8 Å². The van der Waals surface area contributed by atoms with E-state index < -0.39 is 72.1 Å². The van der Waals surface area contributed by atoms with E-state index in [2.05, 4.69) is 23.3 Å². The van der Waals surface area contributed by atoms with Crippen LogP contribution < -0.4 is 21.7 Å². The summed E-state index contributed by atoms with van der Waals surface area (Å²) in [4.78, 5) is 69.5. The van der Waals surface area contributed by atoms with Gasteiger partial charge in [0.05, 0.1) is 12.5 Å². The van der Waals surface area contributed by atoms with Crippen LogP contribution >= 0.6 is 12.6 Å². The van der Waals surface area contributed by atoms with Crippen molar-refractivity contribution < 1.29 is 44.1 Å². The van der Waals surface area contributed by atoms with E-state index in [0.717, 1.165) is 0 Å². The highest BCUT2D eigenvalue weighted by atomic mass is 32.1. The summed E-state index contributed by atoms with van der Waals surface area (Å²) in [5.41, 5.74) is 5.63. The molecule has 8 N–H and O–H groups in total. The fourth-order valence-corrected chi connectivity index (χ4v) is 2.57. The fraction of sp³-hybridized carbons (Fsp3) is 0.647. The van der Waals surface area contributed by atoms with Gasteiger partial charge in [0.2, 0.25) is 17.7 Å². The van der Waals surface area contributed by atoms with Gasteiger partial charge in [-0.2, -0.15) is 12.6 Å². The number of rotatable bonds is 14. The summed E-state index contributed by atoms with van der Waals surface area (Å²) in [5.74, 6) is -7.34. The van der Waals surface area contributed by atoms with Crippen LogP contribution in [-0.2, 0) is 28.8 Å². The summed E-state index contributed by atoms with van der Waals surface area (Å²) >= 11 is 3.94. The second-order valence-electron chi connectivity index (χ2n) is 7.01. The Morgan fingerprint density at radius 1 is 0.839 bits per heavy atom. The van der Waals surface area contributed by atoms with Crippen molar-refractivity contribution in [3.8, 4) is 0 Å². The zero-order chi connectivity index (χ0) is 24.3. The number of hydrogen-bond acceptors (Lipinski definition) is 8. The third kappa shape index (κ3) is 10.6. The average molecular weight is 464 g/mol. The predicted molar refractivity (Wildman–Crippen MR) is 109 cm³/mol. The normalized spacial score (nSPS) is 14.6. The van der Waals surface area contributed by atoms with Gasteiger partial charge in [0.25, 0.3) is 0 Å². The van der Waals surface area contributed by atoms with Crippen molar-refractivity contribution in [3.63, 3.8) is 0 Å². The third-order valence-electron chi connectivity index (χ3n) is 4.06. The lowest BCUT2D eigenvalue weighted by Crippen LogP contribution is -2.59. The molecule has 0 aromatic rings. The van der Waals surface area contributed by atoms with Crippen molar-refractivity contribution in [2.24, 2.45) is 11.7 Å². The van der Waals surface area contributed by atoms with Gasteiger partial charge in [-0.1, -0.05) is 13.8 Å². The van der Waals surface area contributed by atoms with Crippen molar-refractivity contribution >= 4 is 48.3 Å². The molecular formula is C17H28N4O9S. The molecule has 0 saturated carbocycles. The molecule has 176 valence electrons. The van der Waals surface area contributed by atoms with Gasteiger partial charge in [0, 0.05) is 12.2 Å². The maximum absolute atomic E-state index is 12.6. The Kier molecular flexibility index (Phi) is 12.2. The third-order valence-corrected chi connectivity index (χ3v) is 4.43. The predicted octanol–water partition coefficient (Wildman–Crippen LogP) is -2.22. The average Bonchev–Trinajstić information content (AvgIpc) is 2.66. The van der Waals surface area contributed by atoms with E-state index in [0.29, 0.717) is 0 Å². The van der Waals surface area contributed by atoms with E-state index >= 15 is 0 Å². The molecule has 3 amide bonds. The van der Waals surface area contributed by atoms with E-state index in [1.807, 2.05) is 5.32 Å². The van der Waals surface area contributed by atoms with Crippen LogP contribution in [0.4, 0.5) is 0 Å². The molecule has 14 heteroatoms. The summed E-state index contributed by atoms with van der Waals surface area (Å²) in [7, 11) is 0. The molecule has 0 heterocycles. The van der Waals surface area contributed by atoms with Crippen LogP contribution in [0.5, 0.6) is 0 Å². The van der Waals surface area contributed by atoms with Gasteiger partial charge in [-0.3, -0.25) is 24.0 Å². The Labute approximate surface area is 183 Å². The van der Waals surface area contributed by atoms with Crippen LogP contribution in [0.3, 0.4) is 0 Å². The van der Waals surface area contributed by atoms with Crippen LogP contribution in [0.15, 0.2) is 0 Å². The smallest absolute Gasteiger partial charge is 0.326 e. The number of carbonyl (C=O) groups is 6. The number of nitrogens with two attached hydrogens (primary N) is 1. The maximum atomic E-state index is 12.6. The lowest BCUT2D eigenvalue weighted by atomic mass is 10.0. The first kappa shape index (κ1) is 28.1. The number of hydrogen-bond donors (Lipinski definition) is 8. The van der Waals surface area contributed by atoms with Gasteiger partial charge in [-0.05, 0) is 12.3 Å². The van der Waals surface area contributed by atoms with Crippen LogP contribution in [0.1, 0.15) is 33.1 Å². The van der Waals surface area contributed by atoms with Gasteiger partial charge in [-0.15, -0.1) is 0 Å². The molecule has 4 atom stereocenters. The largest absolute Gasteiger partial charge is 0.481 e. The Morgan fingerprint density at radius 3 is 1.81 bits per heavy atom. The zero-order valence-electron chi connectivity index (χ0n) is 17.0. The van der Waals surface area contributed by atoms with Gasteiger partial charge >= 0.3 is 17.9 Å². The van der Waals surface area contributed by atoms with Gasteiger partial charge in [-0.25, -0.2) is 4.79 Å². The molecular weight excluding hydrogens is 436 g/mol. The Morgan fingerprint density at radius 2 is 1.39 bits per heavy atom. The first-order valence-corrected chi connectivity index (χ1v) is 9.87. The molecule has 0 saturated heterocycles. The number of nitrogens with one attached hydrogen (secondary N) is 3. The summed E-state index contributed by atoms with van der Waals surface area (Å²) in [6, 6.07) is -5.32. The van der Waals surface area contributed by atoms with E-state index in [1.165, 1.54) is 0 Å². The number of carbonyl (C=O) groups excluding carboxylic acids is 3. The molecule has 0 aliphatic heterocycles. The molecule has 0 spiro atoms. The summed E-state index contributed by atoms with van der Waals surface area (Å²) < 4.78 is 0. The molecule has 0 aromatic heterocycles. The maximum Gasteiger partial charge on any atom is 0.326 e. The van der Waals surface area contributed by atoms with Crippen molar-refractivity contribution in [2.75, 3.05) is 5.75 Å². The summed E-state index contributed by atoms with van der Waals surface area (Å²) in [5, 5.41) is 33.1. The minimum Gasteiger partial charge on any atom is -0.481 e. The highest BCUT2D eigenvalue weighted by Crippen LogP contribution is 2.05.